The standard InChI is InChI=1S/C23H35N7O/c1-2-24-22(28-18-21(19-31)20-8-4-3-5-9-20)25-12-7-13-29-14-16-30(17-15-29)23-26-10-6-11-27-23/h3-6,8-11,21,31H,2,7,12-19H2,1H3,(H2,24,25,28). The summed E-state index contributed by atoms with van der Waals surface area (Å²) in [5.41, 5.74) is 1.12. The number of hydrogen-bond acceptors (Lipinski definition) is 6. The molecule has 2 heterocycles. The Morgan fingerprint density at radius 1 is 1.06 bits per heavy atom. The van der Waals surface area contributed by atoms with Gasteiger partial charge in [0.15, 0.2) is 5.96 Å². The second kappa shape index (κ2) is 12.9. The van der Waals surface area contributed by atoms with E-state index < -0.39 is 0 Å². The number of rotatable bonds is 10. The van der Waals surface area contributed by atoms with Crippen LogP contribution >= 0.6 is 0 Å². The van der Waals surface area contributed by atoms with Crippen molar-refractivity contribution >= 4 is 11.9 Å². The normalized spacial score (nSPS) is 16.2. The lowest BCUT2D eigenvalue weighted by Gasteiger charge is -2.34. The van der Waals surface area contributed by atoms with Crippen LogP contribution in [0, 0.1) is 0 Å². The second-order valence-corrected chi connectivity index (χ2v) is 7.67. The van der Waals surface area contributed by atoms with Gasteiger partial charge in [0.1, 0.15) is 0 Å². The highest BCUT2D eigenvalue weighted by atomic mass is 16.3. The average molecular weight is 426 g/mol. The van der Waals surface area contributed by atoms with Crippen LogP contribution in [-0.4, -0.2) is 84.9 Å². The van der Waals surface area contributed by atoms with E-state index in [9.17, 15) is 5.11 Å². The van der Waals surface area contributed by atoms with Crippen LogP contribution in [0.3, 0.4) is 0 Å². The minimum absolute atomic E-state index is 0.0153. The van der Waals surface area contributed by atoms with Gasteiger partial charge in [0.2, 0.25) is 5.95 Å². The Balaban J connectivity index is 1.38. The number of anilines is 1. The van der Waals surface area contributed by atoms with E-state index in [4.69, 9.17) is 0 Å². The Hall–Kier alpha value is -2.71. The molecule has 8 nitrogen and oxygen atoms in total. The molecule has 1 aliphatic rings. The molecule has 0 spiro atoms. The van der Waals surface area contributed by atoms with Crippen molar-refractivity contribution in [2.24, 2.45) is 4.99 Å². The van der Waals surface area contributed by atoms with Crippen LogP contribution in [0.5, 0.6) is 0 Å². The number of nitrogens with zero attached hydrogens (tertiary/aromatic N) is 5. The van der Waals surface area contributed by atoms with Crippen molar-refractivity contribution in [3.8, 4) is 0 Å². The molecule has 2 aromatic rings. The zero-order valence-electron chi connectivity index (χ0n) is 18.5. The van der Waals surface area contributed by atoms with Gasteiger partial charge in [0.25, 0.3) is 0 Å². The lowest BCUT2D eigenvalue weighted by molar-refractivity contribution is 0.254. The summed E-state index contributed by atoms with van der Waals surface area (Å²) in [5.74, 6) is 1.65. The Morgan fingerprint density at radius 2 is 1.81 bits per heavy atom. The first-order valence-electron chi connectivity index (χ1n) is 11.2. The smallest absolute Gasteiger partial charge is 0.225 e. The summed E-state index contributed by atoms with van der Waals surface area (Å²) in [6.45, 7) is 9.42. The molecule has 0 radical (unpaired) electrons. The number of aliphatic hydroxyl groups excluding tert-OH is 1. The molecule has 1 fully saturated rings. The largest absolute Gasteiger partial charge is 0.396 e. The van der Waals surface area contributed by atoms with Crippen molar-refractivity contribution in [1.29, 1.82) is 0 Å². The van der Waals surface area contributed by atoms with Crippen molar-refractivity contribution < 1.29 is 5.11 Å². The number of piperazine rings is 1. The number of benzene rings is 1. The van der Waals surface area contributed by atoms with Crippen LogP contribution in [0.1, 0.15) is 24.8 Å². The van der Waals surface area contributed by atoms with Crippen LogP contribution in [0.25, 0.3) is 0 Å². The summed E-state index contributed by atoms with van der Waals surface area (Å²) >= 11 is 0. The molecule has 168 valence electrons. The molecule has 0 aliphatic carbocycles. The molecular formula is C23H35N7O. The van der Waals surface area contributed by atoms with Crippen LogP contribution in [-0.2, 0) is 0 Å². The van der Waals surface area contributed by atoms with Crippen LogP contribution in [0.2, 0.25) is 0 Å². The van der Waals surface area contributed by atoms with E-state index in [0.717, 1.165) is 69.7 Å². The summed E-state index contributed by atoms with van der Waals surface area (Å²) < 4.78 is 0. The lowest BCUT2D eigenvalue weighted by atomic mass is 10.0. The molecule has 1 aromatic heterocycles. The molecule has 0 amide bonds. The fourth-order valence-corrected chi connectivity index (χ4v) is 3.67. The minimum atomic E-state index is 0.0153. The van der Waals surface area contributed by atoms with Gasteiger partial charge in [-0.2, -0.15) is 0 Å². The molecule has 3 N–H and O–H groups in total. The van der Waals surface area contributed by atoms with Crippen LogP contribution < -0.4 is 15.5 Å². The first-order chi connectivity index (χ1) is 15.3. The number of aromatic nitrogens is 2. The third kappa shape index (κ3) is 7.48. The number of guanidine groups is 1. The zero-order valence-corrected chi connectivity index (χ0v) is 18.5. The molecule has 0 bridgehead atoms. The molecule has 1 saturated heterocycles. The topological polar surface area (TPSA) is 88.9 Å². The highest BCUT2D eigenvalue weighted by Crippen LogP contribution is 2.15. The van der Waals surface area contributed by atoms with Crippen LogP contribution in [0.15, 0.2) is 53.8 Å². The second-order valence-electron chi connectivity index (χ2n) is 7.67. The molecular weight excluding hydrogens is 390 g/mol. The van der Waals surface area contributed by atoms with Crippen molar-refractivity contribution in [3.05, 3.63) is 54.4 Å². The molecule has 1 aromatic carbocycles. The predicted octanol–water partition coefficient (Wildman–Crippen LogP) is 1.32. The number of nitrogens with one attached hydrogen (secondary N) is 2. The van der Waals surface area contributed by atoms with E-state index >= 15 is 0 Å². The maximum atomic E-state index is 9.75. The fraction of sp³-hybridized carbons (Fsp3) is 0.522. The van der Waals surface area contributed by atoms with Crippen molar-refractivity contribution in [2.75, 3.05) is 63.9 Å². The Bertz CT molecular complexity index is 764. The Labute approximate surface area is 185 Å². The van der Waals surface area contributed by atoms with Gasteiger partial charge in [-0.3, -0.25) is 9.89 Å². The van der Waals surface area contributed by atoms with Crippen LogP contribution in [0.4, 0.5) is 5.95 Å². The molecule has 8 heteroatoms. The molecule has 3 rings (SSSR count). The van der Waals surface area contributed by atoms with Gasteiger partial charge in [0.05, 0.1) is 13.2 Å². The number of aliphatic imine (C=N–C) groups is 1. The van der Waals surface area contributed by atoms with Gasteiger partial charge >= 0.3 is 0 Å². The first-order valence-corrected chi connectivity index (χ1v) is 11.2. The quantitative estimate of drug-likeness (QED) is 0.301. The third-order valence-corrected chi connectivity index (χ3v) is 5.46. The molecule has 0 saturated carbocycles. The van der Waals surface area contributed by atoms with Crippen molar-refractivity contribution in [1.82, 2.24) is 25.5 Å². The van der Waals surface area contributed by atoms with Gasteiger partial charge in [-0.1, -0.05) is 30.3 Å². The van der Waals surface area contributed by atoms with Crippen molar-refractivity contribution in [3.63, 3.8) is 0 Å². The van der Waals surface area contributed by atoms with E-state index in [1.54, 1.807) is 12.4 Å². The summed E-state index contributed by atoms with van der Waals surface area (Å²) in [6, 6.07) is 11.9. The van der Waals surface area contributed by atoms with E-state index in [-0.39, 0.29) is 12.5 Å². The monoisotopic (exact) mass is 425 g/mol. The van der Waals surface area contributed by atoms with E-state index in [1.165, 1.54) is 0 Å². The van der Waals surface area contributed by atoms with Gasteiger partial charge in [-0.05, 0) is 31.5 Å². The highest BCUT2D eigenvalue weighted by Gasteiger charge is 2.18. The average Bonchev–Trinajstić information content (AvgIpc) is 2.83. The van der Waals surface area contributed by atoms with E-state index in [1.807, 2.05) is 36.4 Å². The lowest BCUT2D eigenvalue weighted by Crippen LogP contribution is -2.47. The zero-order chi connectivity index (χ0) is 21.7. The van der Waals surface area contributed by atoms with E-state index in [0.29, 0.717) is 6.54 Å². The Morgan fingerprint density at radius 3 is 2.48 bits per heavy atom. The fourth-order valence-electron chi connectivity index (χ4n) is 3.67. The maximum Gasteiger partial charge on any atom is 0.225 e. The first kappa shape index (κ1) is 23.0. The number of aliphatic hydroxyl groups is 1. The van der Waals surface area contributed by atoms with Crippen molar-refractivity contribution in [2.45, 2.75) is 19.3 Å². The van der Waals surface area contributed by atoms with Gasteiger partial charge in [-0.25, -0.2) is 9.97 Å². The SMILES string of the molecule is CCNC(=NCC(CO)c1ccccc1)NCCCN1CCN(c2ncccn2)CC1. The van der Waals surface area contributed by atoms with Gasteiger partial charge < -0.3 is 20.6 Å². The molecule has 31 heavy (non-hydrogen) atoms. The highest BCUT2D eigenvalue weighted by molar-refractivity contribution is 5.79. The van der Waals surface area contributed by atoms with E-state index in [2.05, 4.69) is 42.3 Å². The summed E-state index contributed by atoms with van der Waals surface area (Å²) in [5, 5.41) is 16.5. The van der Waals surface area contributed by atoms with Gasteiger partial charge in [-0.15, -0.1) is 0 Å². The van der Waals surface area contributed by atoms with Gasteiger partial charge in [0, 0.05) is 57.6 Å². The molecule has 1 atom stereocenters. The maximum absolute atomic E-state index is 9.75. The molecule has 1 aliphatic heterocycles. The third-order valence-electron chi connectivity index (χ3n) is 5.46. The summed E-state index contributed by atoms with van der Waals surface area (Å²) in [4.78, 5) is 18.1. The summed E-state index contributed by atoms with van der Waals surface area (Å²) in [6.07, 6.45) is 4.65. The molecule has 1 unspecified atom stereocenters. The predicted molar refractivity (Wildman–Crippen MR) is 126 cm³/mol. The Kier molecular flexibility index (Phi) is 9.53. The number of hydrogen-bond donors (Lipinski definition) is 3. The minimum Gasteiger partial charge on any atom is -0.396 e. The summed E-state index contributed by atoms with van der Waals surface area (Å²) in [7, 11) is 0.